The normalized spacial score (nSPS) is 20.6. The molecule has 128 valence electrons. The monoisotopic (exact) mass is 330 g/mol. The molecule has 1 aromatic carbocycles. The van der Waals surface area contributed by atoms with Crippen molar-refractivity contribution in [3.05, 3.63) is 42.2 Å². The third kappa shape index (κ3) is 3.60. The number of carbonyl (C=O) groups excluding carboxylic acids is 1. The highest BCUT2D eigenvalue weighted by molar-refractivity contribution is 5.92. The Balaban J connectivity index is 1.68. The molecule has 1 aliphatic heterocycles. The van der Waals surface area contributed by atoms with Crippen LogP contribution < -0.4 is 15.4 Å². The average molecular weight is 330 g/mol. The van der Waals surface area contributed by atoms with Crippen molar-refractivity contribution in [3.63, 3.8) is 0 Å². The van der Waals surface area contributed by atoms with Crippen molar-refractivity contribution in [2.75, 3.05) is 27.3 Å². The first kappa shape index (κ1) is 16.5. The Hall–Kier alpha value is -2.31. The van der Waals surface area contributed by atoms with Gasteiger partial charge in [0.25, 0.3) is 5.91 Å². The van der Waals surface area contributed by atoms with Gasteiger partial charge in [0.15, 0.2) is 5.76 Å². The van der Waals surface area contributed by atoms with Crippen molar-refractivity contribution in [2.45, 2.75) is 18.6 Å². The van der Waals surface area contributed by atoms with Crippen molar-refractivity contribution in [3.8, 4) is 17.1 Å². The molecule has 1 saturated heterocycles. The molecule has 0 spiro atoms. The molecule has 0 bridgehead atoms. The van der Waals surface area contributed by atoms with Gasteiger partial charge in [-0.25, -0.2) is 0 Å². The summed E-state index contributed by atoms with van der Waals surface area (Å²) >= 11 is 0. The van der Waals surface area contributed by atoms with Crippen LogP contribution in [0.15, 0.2) is 40.8 Å². The average Bonchev–Trinajstić information content (AvgIpc) is 3.12. The fourth-order valence-electron chi connectivity index (χ4n) is 2.87. The minimum absolute atomic E-state index is 0.0196. The predicted octanol–water partition coefficient (Wildman–Crippen LogP) is 2.06. The zero-order valence-corrected chi connectivity index (χ0v) is 13.9. The first-order valence-electron chi connectivity index (χ1n) is 8.00. The summed E-state index contributed by atoms with van der Waals surface area (Å²) in [6.45, 7) is 1.59. The fraction of sp³-hybridized carbons (Fsp3) is 0.389. The van der Waals surface area contributed by atoms with Gasteiger partial charge in [0.2, 0.25) is 0 Å². The molecule has 1 aliphatic rings. The van der Waals surface area contributed by atoms with Gasteiger partial charge in [0.1, 0.15) is 11.5 Å². The standard InChI is InChI=1S/C18H22N2O4/c1-22-13-5-3-12(4-6-13)15-7-8-17(24-15)18(21)20-14-11-19-10-9-16(14)23-2/h3-8,14,16,19H,9-11H2,1-2H3,(H,20,21)/t14-,16+/m0/s1. The number of carbonyl (C=O) groups is 1. The van der Waals surface area contributed by atoms with Crippen LogP contribution in [0.3, 0.4) is 0 Å². The van der Waals surface area contributed by atoms with Crippen molar-refractivity contribution in [1.29, 1.82) is 0 Å². The number of amides is 1. The Morgan fingerprint density at radius 1 is 1.21 bits per heavy atom. The molecule has 2 atom stereocenters. The minimum Gasteiger partial charge on any atom is -0.497 e. The van der Waals surface area contributed by atoms with Crippen molar-refractivity contribution < 1.29 is 18.7 Å². The van der Waals surface area contributed by atoms with Gasteiger partial charge in [-0.1, -0.05) is 0 Å². The first-order chi connectivity index (χ1) is 11.7. The molecule has 6 nitrogen and oxygen atoms in total. The van der Waals surface area contributed by atoms with E-state index >= 15 is 0 Å². The lowest BCUT2D eigenvalue weighted by atomic mass is 10.0. The number of rotatable bonds is 5. The van der Waals surface area contributed by atoms with Crippen LogP contribution in [0.25, 0.3) is 11.3 Å². The summed E-state index contributed by atoms with van der Waals surface area (Å²) < 4.78 is 16.3. The maximum absolute atomic E-state index is 12.4. The van der Waals surface area contributed by atoms with Crippen LogP contribution in [-0.4, -0.2) is 45.4 Å². The van der Waals surface area contributed by atoms with E-state index in [1.54, 1.807) is 26.4 Å². The number of methoxy groups -OCH3 is 2. The van der Waals surface area contributed by atoms with E-state index in [1.165, 1.54) is 0 Å². The fourth-order valence-corrected chi connectivity index (χ4v) is 2.87. The molecule has 2 aromatic rings. The molecular weight excluding hydrogens is 308 g/mol. The summed E-state index contributed by atoms with van der Waals surface area (Å²) in [4.78, 5) is 12.4. The molecule has 1 fully saturated rings. The van der Waals surface area contributed by atoms with E-state index in [0.717, 1.165) is 24.3 Å². The number of hydrogen-bond acceptors (Lipinski definition) is 5. The van der Waals surface area contributed by atoms with E-state index in [2.05, 4.69) is 10.6 Å². The SMILES string of the molecule is COc1ccc(-c2ccc(C(=O)N[C@H]3CNCC[C@H]3OC)o2)cc1. The van der Waals surface area contributed by atoms with Gasteiger partial charge < -0.3 is 24.5 Å². The van der Waals surface area contributed by atoms with E-state index in [0.29, 0.717) is 18.1 Å². The summed E-state index contributed by atoms with van der Waals surface area (Å²) in [7, 11) is 3.29. The molecule has 0 unspecified atom stereocenters. The Morgan fingerprint density at radius 2 is 2.00 bits per heavy atom. The van der Waals surface area contributed by atoms with Crippen LogP contribution >= 0.6 is 0 Å². The molecule has 6 heteroatoms. The smallest absolute Gasteiger partial charge is 0.287 e. The topological polar surface area (TPSA) is 72.7 Å². The Bertz CT molecular complexity index is 681. The van der Waals surface area contributed by atoms with Gasteiger partial charge in [-0.05, 0) is 49.4 Å². The number of nitrogens with one attached hydrogen (secondary N) is 2. The summed E-state index contributed by atoms with van der Waals surface area (Å²) in [5.74, 6) is 1.48. The second kappa shape index (κ2) is 7.51. The molecule has 2 heterocycles. The highest BCUT2D eigenvalue weighted by Crippen LogP contribution is 2.24. The van der Waals surface area contributed by atoms with Gasteiger partial charge in [-0.3, -0.25) is 4.79 Å². The number of benzene rings is 1. The third-order valence-corrected chi connectivity index (χ3v) is 4.24. The molecular formula is C18H22N2O4. The molecule has 1 aromatic heterocycles. The number of furan rings is 1. The highest BCUT2D eigenvalue weighted by Gasteiger charge is 2.27. The van der Waals surface area contributed by atoms with Crippen molar-refractivity contribution in [1.82, 2.24) is 10.6 Å². The van der Waals surface area contributed by atoms with E-state index in [-0.39, 0.29) is 18.1 Å². The zero-order chi connectivity index (χ0) is 16.9. The molecule has 3 rings (SSSR count). The maximum Gasteiger partial charge on any atom is 0.287 e. The third-order valence-electron chi connectivity index (χ3n) is 4.24. The van der Waals surface area contributed by atoms with Gasteiger partial charge in [0.05, 0.1) is 19.3 Å². The van der Waals surface area contributed by atoms with E-state index < -0.39 is 0 Å². The van der Waals surface area contributed by atoms with Gasteiger partial charge in [0, 0.05) is 19.2 Å². The highest BCUT2D eigenvalue weighted by atomic mass is 16.5. The minimum atomic E-state index is -0.231. The van der Waals surface area contributed by atoms with Crippen molar-refractivity contribution in [2.24, 2.45) is 0 Å². The largest absolute Gasteiger partial charge is 0.497 e. The van der Waals surface area contributed by atoms with Crippen LogP contribution in [0.4, 0.5) is 0 Å². The lowest BCUT2D eigenvalue weighted by Crippen LogP contribution is -2.54. The summed E-state index contributed by atoms with van der Waals surface area (Å²) in [6.07, 6.45) is 0.891. The van der Waals surface area contributed by atoms with Gasteiger partial charge >= 0.3 is 0 Å². The number of piperidine rings is 1. The molecule has 0 aliphatic carbocycles. The van der Waals surface area contributed by atoms with E-state index in [9.17, 15) is 4.79 Å². The quantitative estimate of drug-likeness (QED) is 0.878. The molecule has 24 heavy (non-hydrogen) atoms. The Kier molecular flexibility index (Phi) is 5.17. The first-order valence-corrected chi connectivity index (χ1v) is 8.00. The predicted molar refractivity (Wildman–Crippen MR) is 90.2 cm³/mol. The second-order valence-corrected chi connectivity index (χ2v) is 5.74. The molecule has 0 radical (unpaired) electrons. The molecule has 0 saturated carbocycles. The summed E-state index contributed by atoms with van der Waals surface area (Å²) in [5, 5.41) is 6.24. The van der Waals surface area contributed by atoms with Crippen LogP contribution in [0.5, 0.6) is 5.75 Å². The van der Waals surface area contributed by atoms with Crippen LogP contribution in [0, 0.1) is 0 Å². The lowest BCUT2D eigenvalue weighted by molar-refractivity contribution is 0.0440. The van der Waals surface area contributed by atoms with Crippen molar-refractivity contribution >= 4 is 5.91 Å². The number of hydrogen-bond donors (Lipinski definition) is 2. The van der Waals surface area contributed by atoms with Gasteiger partial charge in [-0.2, -0.15) is 0 Å². The zero-order valence-electron chi connectivity index (χ0n) is 13.9. The summed E-state index contributed by atoms with van der Waals surface area (Å²) in [6, 6.07) is 10.9. The van der Waals surface area contributed by atoms with Crippen LogP contribution in [-0.2, 0) is 4.74 Å². The molecule has 2 N–H and O–H groups in total. The number of ether oxygens (including phenoxy) is 2. The molecule has 1 amide bonds. The van der Waals surface area contributed by atoms with E-state index in [1.807, 2.05) is 24.3 Å². The van der Waals surface area contributed by atoms with Gasteiger partial charge in [-0.15, -0.1) is 0 Å². The second-order valence-electron chi connectivity index (χ2n) is 5.74. The Labute approximate surface area is 141 Å². The maximum atomic E-state index is 12.4. The lowest BCUT2D eigenvalue weighted by Gasteiger charge is -2.31. The summed E-state index contributed by atoms with van der Waals surface area (Å²) in [5.41, 5.74) is 0.893. The van der Waals surface area contributed by atoms with E-state index in [4.69, 9.17) is 13.9 Å². The van der Waals surface area contributed by atoms with Crippen LogP contribution in [0.2, 0.25) is 0 Å². The Morgan fingerprint density at radius 3 is 2.71 bits per heavy atom. The van der Waals surface area contributed by atoms with Crippen LogP contribution in [0.1, 0.15) is 17.0 Å².